The van der Waals surface area contributed by atoms with Crippen LogP contribution in [-0.2, 0) is 0 Å². The van der Waals surface area contributed by atoms with Gasteiger partial charge in [-0.25, -0.2) is 0 Å². The highest BCUT2D eigenvalue weighted by molar-refractivity contribution is 4.82. The predicted octanol–water partition coefficient (Wildman–Crippen LogP) is -0.444. The molecule has 74 valence electrons. The normalized spacial score (nSPS) is 22.1. The van der Waals surface area contributed by atoms with Crippen LogP contribution in [0.5, 0.6) is 0 Å². The summed E-state index contributed by atoms with van der Waals surface area (Å²) >= 11 is 0. The second kappa shape index (κ2) is 5.92. The van der Waals surface area contributed by atoms with Crippen molar-refractivity contribution < 1.29 is 5.11 Å². The van der Waals surface area contributed by atoms with Crippen molar-refractivity contribution in [3.8, 4) is 6.07 Å². The maximum Gasteiger partial charge on any atom is 0.0867 e. The summed E-state index contributed by atoms with van der Waals surface area (Å²) in [5.74, 6) is 0. The molecule has 0 radical (unpaired) electrons. The minimum atomic E-state index is 0.133. The van der Waals surface area contributed by atoms with Crippen LogP contribution in [0.15, 0.2) is 0 Å². The molecule has 0 amide bonds. The Hall–Kier alpha value is -0.630. The van der Waals surface area contributed by atoms with Gasteiger partial charge in [-0.3, -0.25) is 4.90 Å². The molecule has 1 atom stereocenters. The molecule has 13 heavy (non-hydrogen) atoms. The highest BCUT2D eigenvalue weighted by Crippen LogP contribution is 2.06. The quantitative estimate of drug-likeness (QED) is 0.567. The van der Waals surface area contributed by atoms with Gasteiger partial charge < -0.3 is 10.4 Å². The van der Waals surface area contributed by atoms with Crippen molar-refractivity contribution in [3.05, 3.63) is 0 Å². The molecule has 0 bridgehead atoms. The first kappa shape index (κ1) is 10.5. The Morgan fingerprint density at radius 3 is 3.00 bits per heavy atom. The van der Waals surface area contributed by atoms with E-state index >= 15 is 0 Å². The zero-order chi connectivity index (χ0) is 9.52. The number of aliphatic hydroxyl groups is 1. The van der Waals surface area contributed by atoms with E-state index in [2.05, 4.69) is 11.4 Å². The van der Waals surface area contributed by atoms with Crippen LogP contribution in [0.4, 0.5) is 0 Å². The average Bonchev–Trinajstić information content (AvgIpc) is 2.58. The molecule has 0 aromatic heterocycles. The van der Waals surface area contributed by atoms with Crippen LogP contribution >= 0.6 is 0 Å². The Morgan fingerprint density at radius 1 is 1.62 bits per heavy atom. The number of nitrogens with one attached hydrogen (secondary N) is 1. The fourth-order valence-corrected chi connectivity index (χ4v) is 1.70. The number of aliphatic hydroxyl groups excluding tert-OH is 1. The molecule has 2 N–H and O–H groups in total. The van der Waals surface area contributed by atoms with Crippen LogP contribution in [0.25, 0.3) is 0 Å². The second-order valence-corrected chi connectivity index (χ2v) is 3.41. The lowest BCUT2D eigenvalue weighted by Gasteiger charge is -2.21. The van der Waals surface area contributed by atoms with E-state index in [1.54, 1.807) is 0 Å². The first-order valence-electron chi connectivity index (χ1n) is 4.80. The third-order valence-corrected chi connectivity index (χ3v) is 2.35. The molecular weight excluding hydrogens is 166 g/mol. The average molecular weight is 183 g/mol. The second-order valence-electron chi connectivity index (χ2n) is 3.41. The van der Waals surface area contributed by atoms with E-state index in [-0.39, 0.29) is 6.61 Å². The van der Waals surface area contributed by atoms with Crippen molar-refractivity contribution in [3.63, 3.8) is 0 Å². The molecule has 4 heteroatoms. The first-order chi connectivity index (χ1) is 6.36. The minimum absolute atomic E-state index is 0.133. The standard InChI is InChI=1S/C9H17N3O/c10-3-5-12(6-7-13)8-9-2-1-4-11-9/h9,11,13H,1-2,4-8H2. The summed E-state index contributed by atoms with van der Waals surface area (Å²) in [5.41, 5.74) is 0. The number of nitriles is 1. The molecule has 0 aliphatic carbocycles. The van der Waals surface area contributed by atoms with Gasteiger partial charge in [0.15, 0.2) is 0 Å². The maximum absolute atomic E-state index is 8.77. The Kier molecular flexibility index (Phi) is 4.76. The van der Waals surface area contributed by atoms with Gasteiger partial charge in [0.1, 0.15) is 0 Å². The fraction of sp³-hybridized carbons (Fsp3) is 0.889. The summed E-state index contributed by atoms with van der Waals surface area (Å²) in [6.45, 7) is 3.12. The molecule has 1 heterocycles. The monoisotopic (exact) mass is 183 g/mol. The Balaban J connectivity index is 2.24. The summed E-state index contributed by atoms with van der Waals surface area (Å²) in [4.78, 5) is 1.99. The largest absolute Gasteiger partial charge is 0.395 e. The Labute approximate surface area is 79.1 Å². The Bertz CT molecular complexity index is 172. The molecule has 4 nitrogen and oxygen atoms in total. The van der Waals surface area contributed by atoms with Crippen LogP contribution in [0.2, 0.25) is 0 Å². The van der Waals surface area contributed by atoms with Gasteiger partial charge >= 0.3 is 0 Å². The smallest absolute Gasteiger partial charge is 0.0867 e. The number of rotatable bonds is 5. The van der Waals surface area contributed by atoms with Crippen LogP contribution in [0.3, 0.4) is 0 Å². The molecule has 1 aliphatic rings. The summed E-state index contributed by atoms with van der Waals surface area (Å²) in [5, 5.41) is 20.7. The van der Waals surface area contributed by atoms with Gasteiger partial charge in [0.2, 0.25) is 0 Å². The lowest BCUT2D eigenvalue weighted by molar-refractivity contribution is 0.199. The highest BCUT2D eigenvalue weighted by atomic mass is 16.3. The number of nitrogens with zero attached hydrogens (tertiary/aromatic N) is 2. The summed E-state index contributed by atoms with van der Waals surface area (Å²) < 4.78 is 0. The van der Waals surface area contributed by atoms with Crippen molar-refractivity contribution >= 4 is 0 Å². The third kappa shape index (κ3) is 3.73. The van der Waals surface area contributed by atoms with E-state index < -0.39 is 0 Å². The highest BCUT2D eigenvalue weighted by Gasteiger charge is 2.16. The fourth-order valence-electron chi connectivity index (χ4n) is 1.70. The summed E-state index contributed by atoms with van der Waals surface area (Å²) in [6, 6.07) is 2.63. The van der Waals surface area contributed by atoms with Crippen molar-refractivity contribution in [1.29, 1.82) is 5.26 Å². The van der Waals surface area contributed by atoms with Crippen LogP contribution in [0, 0.1) is 11.3 Å². The van der Waals surface area contributed by atoms with Gasteiger partial charge in [0.25, 0.3) is 0 Å². The van der Waals surface area contributed by atoms with Gasteiger partial charge in [-0.2, -0.15) is 5.26 Å². The van der Waals surface area contributed by atoms with Crippen LogP contribution in [0.1, 0.15) is 12.8 Å². The summed E-state index contributed by atoms with van der Waals surface area (Å²) in [7, 11) is 0. The number of hydrogen-bond donors (Lipinski definition) is 2. The van der Waals surface area contributed by atoms with E-state index in [0.717, 1.165) is 13.1 Å². The van der Waals surface area contributed by atoms with E-state index in [4.69, 9.17) is 10.4 Å². The molecule has 1 aliphatic heterocycles. The molecule has 0 aromatic carbocycles. The molecule has 1 saturated heterocycles. The topological polar surface area (TPSA) is 59.3 Å². The van der Waals surface area contributed by atoms with Gasteiger partial charge in [0.05, 0.1) is 19.2 Å². The zero-order valence-electron chi connectivity index (χ0n) is 7.87. The molecular formula is C9H17N3O. The van der Waals surface area contributed by atoms with Crippen LogP contribution < -0.4 is 5.32 Å². The van der Waals surface area contributed by atoms with Gasteiger partial charge in [-0.05, 0) is 19.4 Å². The molecule has 1 fully saturated rings. The lowest BCUT2D eigenvalue weighted by Crippen LogP contribution is -2.39. The molecule has 1 rings (SSSR count). The summed E-state index contributed by atoms with van der Waals surface area (Å²) in [6.07, 6.45) is 2.41. The minimum Gasteiger partial charge on any atom is -0.395 e. The first-order valence-corrected chi connectivity index (χ1v) is 4.80. The van der Waals surface area contributed by atoms with Crippen molar-refractivity contribution in [2.24, 2.45) is 0 Å². The van der Waals surface area contributed by atoms with Crippen LogP contribution in [-0.4, -0.2) is 48.8 Å². The molecule has 0 aromatic rings. The van der Waals surface area contributed by atoms with E-state index in [1.165, 1.54) is 12.8 Å². The Morgan fingerprint density at radius 2 is 2.46 bits per heavy atom. The van der Waals surface area contributed by atoms with Crippen molar-refractivity contribution in [2.45, 2.75) is 18.9 Å². The molecule has 0 saturated carbocycles. The van der Waals surface area contributed by atoms with Gasteiger partial charge in [0, 0.05) is 19.1 Å². The zero-order valence-corrected chi connectivity index (χ0v) is 7.87. The maximum atomic E-state index is 8.77. The van der Waals surface area contributed by atoms with Crippen molar-refractivity contribution in [1.82, 2.24) is 10.2 Å². The third-order valence-electron chi connectivity index (χ3n) is 2.35. The van der Waals surface area contributed by atoms with Crippen molar-refractivity contribution in [2.75, 3.05) is 32.8 Å². The molecule has 1 unspecified atom stereocenters. The SMILES string of the molecule is N#CCN(CCO)CC1CCCN1. The molecule has 0 spiro atoms. The lowest BCUT2D eigenvalue weighted by atomic mass is 10.2. The van der Waals surface area contributed by atoms with E-state index in [1.807, 2.05) is 4.90 Å². The van der Waals surface area contributed by atoms with E-state index in [0.29, 0.717) is 19.1 Å². The van der Waals surface area contributed by atoms with E-state index in [9.17, 15) is 0 Å². The van der Waals surface area contributed by atoms with Gasteiger partial charge in [-0.1, -0.05) is 0 Å². The predicted molar refractivity (Wildman–Crippen MR) is 50.2 cm³/mol. The number of hydrogen-bond acceptors (Lipinski definition) is 4. The van der Waals surface area contributed by atoms with Gasteiger partial charge in [-0.15, -0.1) is 0 Å².